The summed E-state index contributed by atoms with van der Waals surface area (Å²) < 4.78 is 11.4. The van der Waals surface area contributed by atoms with E-state index in [9.17, 15) is 4.79 Å². The molecule has 0 amide bonds. The van der Waals surface area contributed by atoms with Crippen LogP contribution in [-0.2, 0) is 11.2 Å². The van der Waals surface area contributed by atoms with Crippen molar-refractivity contribution in [3.05, 3.63) is 76.5 Å². The number of carbonyl (C=O) groups is 1. The Morgan fingerprint density at radius 2 is 1.68 bits per heavy atom. The second-order valence-corrected chi connectivity index (χ2v) is 9.50. The van der Waals surface area contributed by atoms with E-state index in [2.05, 4.69) is 23.5 Å². The van der Waals surface area contributed by atoms with E-state index in [1.54, 1.807) is 0 Å². The largest absolute Gasteiger partial charge is 0.492 e. The van der Waals surface area contributed by atoms with Crippen molar-refractivity contribution in [1.29, 1.82) is 0 Å². The van der Waals surface area contributed by atoms with Crippen LogP contribution in [0.5, 0.6) is 5.75 Å². The third-order valence-corrected chi connectivity index (χ3v) is 5.67. The van der Waals surface area contributed by atoms with Gasteiger partial charge in [0.25, 0.3) is 0 Å². The minimum Gasteiger partial charge on any atom is -0.492 e. The number of hydrogen-bond donors (Lipinski definition) is 1. The summed E-state index contributed by atoms with van der Waals surface area (Å²) in [6.07, 6.45) is 1.95. The Hall–Kier alpha value is -2.63. The lowest BCUT2D eigenvalue weighted by molar-refractivity contribution is 0.00752. The smallest absolute Gasteiger partial charge is 0.348 e. The maximum Gasteiger partial charge on any atom is 0.348 e. The second kappa shape index (κ2) is 11.1. The second-order valence-electron chi connectivity index (χ2n) is 8.33. The normalized spacial score (nSPS) is 11.3. The molecule has 3 rings (SSSR count). The summed E-state index contributed by atoms with van der Waals surface area (Å²) in [5.41, 5.74) is 1.81. The number of carbonyl (C=O) groups excluding carboxylic acids is 1. The third-order valence-electron chi connectivity index (χ3n) is 4.55. The predicted molar refractivity (Wildman–Crippen MR) is 128 cm³/mol. The predicted octanol–water partition coefficient (Wildman–Crippen LogP) is 5.97. The molecule has 3 aromatic rings. The Morgan fingerprint density at radius 3 is 2.45 bits per heavy atom. The zero-order valence-corrected chi connectivity index (χ0v) is 19.3. The highest BCUT2D eigenvalue weighted by molar-refractivity contribution is 7.13. The highest BCUT2D eigenvalue weighted by Crippen LogP contribution is 2.29. The first-order valence-electron chi connectivity index (χ1n) is 10.7. The van der Waals surface area contributed by atoms with Gasteiger partial charge < -0.3 is 14.8 Å². The molecule has 0 aliphatic carbocycles. The van der Waals surface area contributed by atoms with E-state index >= 15 is 0 Å². The summed E-state index contributed by atoms with van der Waals surface area (Å²) in [6.45, 7) is 7.96. The maximum absolute atomic E-state index is 12.1. The van der Waals surface area contributed by atoms with Gasteiger partial charge in [-0.2, -0.15) is 0 Å². The number of rotatable bonds is 10. The minimum absolute atomic E-state index is 0.241. The first kappa shape index (κ1) is 23.0. The molecule has 31 heavy (non-hydrogen) atoms. The van der Waals surface area contributed by atoms with Crippen molar-refractivity contribution in [3.63, 3.8) is 0 Å². The van der Waals surface area contributed by atoms with Crippen molar-refractivity contribution < 1.29 is 14.3 Å². The zero-order chi connectivity index (χ0) is 22.1. The number of aryl methyl sites for hydroxylation is 1. The molecule has 2 aromatic carbocycles. The number of thiophene rings is 1. The van der Waals surface area contributed by atoms with Gasteiger partial charge in [-0.05, 0) is 63.9 Å². The van der Waals surface area contributed by atoms with E-state index in [1.807, 2.05) is 69.3 Å². The molecule has 1 aromatic heterocycles. The van der Waals surface area contributed by atoms with E-state index in [1.165, 1.54) is 16.2 Å². The molecule has 0 spiro atoms. The molecule has 0 unspecified atom stereocenters. The summed E-state index contributed by atoms with van der Waals surface area (Å²) in [4.78, 5) is 14.0. The lowest BCUT2D eigenvalue weighted by atomic mass is 10.1. The van der Waals surface area contributed by atoms with Gasteiger partial charge in [0, 0.05) is 17.0 Å². The zero-order valence-electron chi connectivity index (χ0n) is 18.5. The van der Waals surface area contributed by atoms with Gasteiger partial charge in [0.1, 0.15) is 22.8 Å². The lowest BCUT2D eigenvalue weighted by Crippen LogP contribution is -2.23. The van der Waals surface area contributed by atoms with Crippen LogP contribution in [0.15, 0.2) is 66.7 Å². The van der Waals surface area contributed by atoms with Crippen LogP contribution >= 0.6 is 11.3 Å². The van der Waals surface area contributed by atoms with Crippen LogP contribution in [0, 0.1) is 0 Å². The molecule has 0 saturated heterocycles. The van der Waals surface area contributed by atoms with Crippen molar-refractivity contribution in [2.75, 3.05) is 19.7 Å². The van der Waals surface area contributed by atoms with Crippen LogP contribution in [0.3, 0.4) is 0 Å². The fraction of sp³-hybridized carbons (Fsp3) is 0.346. The van der Waals surface area contributed by atoms with Gasteiger partial charge in [0.05, 0.1) is 0 Å². The number of benzene rings is 2. The molecule has 0 atom stereocenters. The van der Waals surface area contributed by atoms with Crippen molar-refractivity contribution in [3.8, 4) is 16.9 Å². The quantitative estimate of drug-likeness (QED) is 0.313. The molecule has 0 aliphatic heterocycles. The van der Waals surface area contributed by atoms with Crippen molar-refractivity contribution >= 4 is 17.3 Å². The number of esters is 1. The number of nitrogens with one attached hydrogen (secondary N) is 1. The van der Waals surface area contributed by atoms with E-state index in [0.717, 1.165) is 42.8 Å². The third kappa shape index (κ3) is 7.53. The molecule has 164 valence electrons. The van der Waals surface area contributed by atoms with Gasteiger partial charge in [0.2, 0.25) is 0 Å². The Labute approximate surface area is 189 Å². The van der Waals surface area contributed by atoms with Crippen molar-refractivity contribution in [2.45, 2.75) is 39.2 Å². The molecule has 0 radical (unpaired) electrons. The fourth-order valence-corrected chi connectivity index (χ4v) is 4.07. The number of hydrogen-bond acceptors (Lipinski definition) is 5. The van der Waals surface area contributed by atoms with Gasteiger partial charge >= 0.3 is 5.97 Å². The van der Waals surface area contributed by atoms with E-state index in [-0.39, 0.29) is 5.97 Å². The van der Waals surface area contributed by atoms with Crippen molar-refractivity contribution in [2.24, 2.45) is 0 Å². The Kier molecular flexibility index (Phi) is 8.27. The SMILES string of the molecule is CC(C)(C)OC(=O)c1ccc(CCCNCCOc2ccccc2-c2ccccc2)s1. The Morgan fingerprint density at radius 1 is 0.935 bits per heavy atom. The van der Waals surface area contributed by atoms with Crippen LogP contribution in [0.1, 0.15) is 41.7 Å². The van der Waals surface area contributed by atoms with Gasteiger partial charge in [0.15, 0.2) is 0 Å². The van der Waals surface area contributed by atoms with E-state index < -0.39 is 5.60 Å². The topological polar surface area (TPSA) is 47.6 Å². The van der Waals surface area contributed by atoms with Crippen LogP contribution in [0.2, 0.25) is 0 Å². The summed E-state index contributed by atoms with van der Waals surface area (Å²) in [6, 6.07) is 22.3. The first-order chi connectivity index (χ1) is 14.9. The number of para-hydroxylation sites is 1. The van der Waals surface area contributed by atoms with Gasteiger partial charge in [-0.3, -0.25) is 0 Å². The van der Waals surface area contributed by atoms with Crippen LogP contribution in [-0.4, -0.2) is 31.3 Å². The first-order valence-corrected chi connectivity index (χ1v) is 11.5. The number of ether oxygens (including phenoxy) is 2. The van der Waals surface area contributed by atoms with Gasteiger partial charge in [-0.15, -0.1) is 11.3 Å². The molecule has 0 fully saturated rings. The summed E-state index contributed by atoms with van der Waals surface area (Å²) in [5, 5.41) is 3.43. The highest BCUT2D eigenvalue weighted by Gasteiger charge is 2.19. The molecule has 0 aliphatic rings. The molecule has 1 heterocycles. The standard InChI is InChI=1S/C26H31NO3S/c1-26(2,3)30-25(28)24-16-15-21(31-24)12-9-17-27-18-19-29-23-14-8-7-13-22(23)20-10-5-4-6-11-20/h4-8,10-11,13-16,27H,9,12,17-19H2,1-3H3. The molecule has 4 nitrogen and oxygen atoms in total. The van der Waals surface area contributed by atoms with Gasteiger partial charge in [-0.25, -0.2) is 4.79 Å². The van der Waals surface area contributed by atoms with Crippen LogP contribution in [0.25, 0.3) is 11.1 Å². The summed E-state index contributed by atoms with van der Waals surface area (Å²) in [5.74, 6) is 0.665. The highest BCUT2D eigenvalue weighted by atomic mass is 32.1. The average molecular weight is 438 g/mol. The molecule has 0 bridgehead atoms. The molecule has 5 heteroatoms. The van der Waals surface area contributed by atoms with Crippen LogP contribution in [0.4, 0.5) is 0 Å². The maximum atomic E-state index is 12.1. The Balaban J connectivity index is 1.36. The molecular weight excluding hydrogens is 406 g/mol. The van der Waals surface area contributed by atoms with Crippen LogP contribution < -0.4 is 10.1 Å². The molecular formula is C26H31NO3S. The molecule has 0 saturated carbocycles. The fourth-order valence-electron chi connectivity index (χ4n) is 3.14. The van der Waals surface area contributed by atoms with Gasteiger partial charge in [-0.1, -0.05) is 48.5 Å². The minimum atomic E-state index is -0.463. The van der Waals surface area contributed by atoms with Crippen molar-refractivity contribution in [1.82, 2.24) is 5.32 Å². The Bertz CT molecular complexity index is 960. The average Bonchev–Trinajstić information content (AvgIpc) is 3.22. The summed E-state index contributed by atoms with van der Waals surface area (Å²) >= 11 is 1.52. The van der Waals surface area contributed by atoms with E-state index in [4.69, 9.17) is 9.47 Å². The summed E-state index contributed by atoms with van der Waals surface area (Å²) in [7, 11) is 0. The lowest BCUT2D eigenvalue weighted by Gasteiger charge is -2.18. The molecule has 1 N–H and O–H groups in total. The van der Waals surface area contributed by atoms with E-state index in [0.29, 0.717) is 11.5 Å². The monoisotopic (exact) mass is 437 g/mol.